The molecule has 1 aromatic carbocycles. The lowest BCUT2D eigenvalue weighted by Gasteiger charge is -2.19. The maximum atomic E-state index is 12.5. The smallest absolute Gasteiger partial charge is 0.313 e. The second-order valence-corrected chi connectivity index (χ2v) is 6.77. The molecule has 26 heavy (non-hydrogen) atoms. The number of carbonyl (C=O) groups is 2. The highest BCUT2D eigenvalue weighted by atomic mass is 16.4. The van der Waals surface area contributed by atoms with E-state index in [2.05, 4.69) is 15.4 Å². The van der Waals surface area contributed by atoms with E-state index in [4.69, 9.17) is 0 Å². The lowest BCUT2D eigenvalue weighted by molar-refractivity contribution is -0.142. The predicted octanol–water partition coefficient (Wildman–Crippen LogP) is 2.89. The van der Waals surface area contributed by atoms with Gasteiger partial charge < -0.3 is 10.4 Å². The second kappa shape index (κ2) is 6.25. The third-order valence-electron chi connectivity index (χ3n) is 4.52. The summed E-state index contributed by atoms with van der Waals surface area (Å²) in [6.07, 6.45) is 1.51. The molecule has 7 nitrogen and oxygen atoms in total. The number of aliphatic carboxylic acids is 1. The van der Waals surface area contributed by atoms with E-state index in [1.165, 1.54) is 6.20 Å². The maximum Gasteiger partial charge on any atom is 0.313 e. The largest absolute Gasteiger partial charge is 0.481 e. The van der Waals surface area contributed by atoms with Crippen LogP contribution in [-0.2, 0) is 17.3 Å². The zero-order valence-corrected chi connectivity index (χ0v) is 15.1. The number of anilines is 1. The maximum absolute atomic E-state index is 12.5. The highest BCUT2D eigenvalue weighted by Gasteiger charge is 2.29. The number of amides is 1. The summed E-state index contributed by atoms with van der Waals surface area (Å²) in [5.74, 6) is -1.19. The summed E-state index contributed by atoms with van der Waals surface area (Å²) in [4.78, 5) is 28.1. The highest BCUT2D eigenvalue weighted by molar-refractivity contribution is 6.05. The van der Waals surface area contributed by atoms with Crippen LogP contribution >= 0.6 is 0 Å². The van der Waals surface area contributed by atoms with E-state index in [-0.39, 0.29) is 5.91 Å². The average molecular weight is 352 g/mol. The van der Waals surface area contributed by atoms with Crippen LogP contribution < -0.4 is 5.32 Å². The minimum Gasteiger partial charge on any atom is -0.481 e. The Balaban J connectivity index is 1.82. The number of hydrogen-bond acceptors (Lipinski definition) is 4. The molecule has 2 heterocycles. The molecule has 0 saturated carbocycles. The third-order valence-corrected chi connectivity index (χ3v) is 4.52. The van der Waals surface area contributed by atoms with Crippen LogP contribution in [0.4, 0.5) is 5.69 Å². The molecular weight excluding hydrogens is 332 g/mol. The van der Waals surface area contributed by atoms with Gasteiger partial charge in [-0.15, -0.1) is 0 Å². The lowest BCUT2D eigenvalue weighted by Crippen LogP contribution is -2.28. The fourth-order valence-corrected chi connectivity index (χ4v) is 2.73. The number of pyridine rings is 1. The molecule has 3 rings (SSSR count). The number of nitrogens with one attached hydrogen (secondary N) is 1. The van der Waals surface area contributed by atoms with Gasteiger partial charge in [0.25, 0.3) is 5.91 Å². The van der Waals surface area contributed by atoms with Crippen LogP contribution in [0.15, 0.2) is 36.5 Å². The van der Waals surface area contributed by atoms with Crippen molar-refractivity contribution >= 4 is 28.6 Å². The van der Waals surface area contributed by atoms with Gasteiger partial charge in [-0.2, -0.15) is 5.10 Å². The Morgan fingerprint density at radius 1 is 1.19 bits per heavy atom. The zero-order valence-electron chi connectivity index (χ0n) is 15.1. The van der Waals surface area contributed by atoms with E-state index in [9.17, 15) is 14.7 Å². The fraction of sp³-hybridized carbons (Fsp3) is 0.263. The molecule has 2 aromatic heterocycles. The van der Waals surface area contributed by atoms with Crippen LogP contribution in [0.3, 0.4) is 0 Å². The highest BCUT2D eigenvalue weighted by Crippen LogP contribution is 2.25. The van der Waals surface area contributed by atoms with Gasteiger partial charge in [0.05, 0.1) is 16.7 Å². The predicted molar refractivity (Wildman–Crippen MR) is 98.3 cm³/mol. The number of benzene rings is 1. The van der Waals surface area contributed by atoms with Crippen molar-refractivity contribution in [2.24, 2.45) is 7.05 Å². The fourth-order valence-electron chi connectivity index (χ4n) is 2.73. The molecule has 7 heteroatoms. The Hall–Kier alpha value is -3.22. The first-order valence-electron chi connectivity index (χ1n) is 8.15. The quantitative estimate of drug-likeness (QED) is 0.752. The topological polar surface area (TPSA) is 97.1 Å². The summed E-state index contributed by atoms with van der Waals surface area (Å²) < 4.78 is 1.68. The van der Waals surface area contributed by atoms with Gasteiger partial charge in [0.1, 0.15) is 0 Å². The summed E-state index contributed by atoms with van der Waals surface area (Å²) in [6, 6.07) is 8.56. The van der Waals surface area contributed by atoms with Crippen LogP contribution in [0, 0.1) is 6.92 Å². The molecule has 0 fully saturated rings. The van der Waals surface area contributed by atoms with Gasteiger partial charge in [-0.1, -0.05) is 12.1 Å². The first kappa shape index (κ1) is 17.6. The van der Waals surface area contributed by atoms with E-state index in [1.807, 2.05) is 14.0 Å². The van der Waals surface area contributed by atoms with Crippen molar-refractivity contribution in [1.82, 2.24) is 14.8 Å². The summed E-state index contributed by atoms with van der Waals surface area (Å²) in [6.45, 7) is 5.15. The molecule has 0 radical (unpaired) electrons. The number of carboxylic acid groups (broad SMARTS) is 1. The third kappa shape index (κ3) is 3.03. The van der Waals surface area contributed by atoms with Crippen molar-refractivity contribution in [2.75, 3.05) is 5.32 Å². The molecular formula is C19H20N4O3. The van der Waals surface area contributed by atoms with E-state index < -0.39 is 11.4 Å². The van der Waals surface area contributed by atoms with Gasteiger partial charge in [0.2, 0.25) is 0 Å². The normalized spacial score (nSPS) is 11.5. The summed E-state index contributed by atoms with van der Waals surface area (Å²) in [5, 5.41) is 17.2. The molecule has 0 spiro atoms. The van der Waals surface area contributed by atoms with Crippen LogP contribution in [0.2, 0.25) is 0 Å². The van der Waals surface area contributed by atoms with Gasteiger partial charge in [-0.25, -0.2) is 4.98 Å². The van der Waals surface area contributed by atoms with Crippen molar-refractivity contribution in [3.8, 4) is 0 Å². The molecule has 134 valence electrons. The first-order chi connectivity index (χ1) is 12.2. The lowest BCUT2D eigenvalue weighted by atomic mass is 9.85. The molecule has 0 aliphatic carbocycles. The van der Waals surface area contributed by atoms with Gasteiger partial charge in [-0.05, 0) is 44.5 Å². The molecule has 2 N–H and O–H groups in total. The molecule has 0 unspecified atom stereocenters. The summed E-state index contributed by atoms with van der Waals surface area (Å²) in [7, 11) is 1.81. The van der Waals surface area contributed by atoms with E-state index in [0.717, 1.165) is 16.7 Å². The number of rotatable bonds is 4. The first-order valence-corrected chi connectivity index (χ1v) is 8.15. The monoisotopic (exact) mass is 352 g/mol. The minimum atomic E-state index is -0.991. The number of aryl methyl sites for hydroxylation is 2. The number of carboxylic acids is 1. The Kier molecular flexibility index (Phi) is 4.23. The number of carbonyl (C=O) groups excluding carboxylic acids is 1. The standard InChI is InChI=1S/C19H20N4O3/c1-11-15-9-12(10-20-16(15)23(4)22-11)17(24)21-14-7-5-13(6-8-14)19(2,3)18(25)26/h5-10H,1-4H3,(H,21,24)(H,25,26). The van der Waals surface area contributed by atoms with Crippen molar-refractivity contribution in [1.29, 1.82) is 0 Å². The number of nitrogens with zero attached hydrogens (tertiary/aromatic N) is 3. The van der Waals surface area contributed by atoms with Gasteiger partial charge in [-0.3, -0.25) is 14.3 Å². The van der Waals surface area contributed by atoms with E-state index in [1.54, 1.807) is 48.9 Å². The average Bonchev–Trinajstić information content (AvgIpc) is 2.89. The van der Waals surface area contributed by atoms with Crippen LogP contribution in [-0.4, -0.2) is 31.7 Å². The number of hydrogen-bond donors (Lipinski definition) is 2. The van der Waals surface area contributed by atoms with Gasteiger partial charge in [0, 0.05) is 24.3 Å². The van der Waals surface area contributed by atoms with Gasteiger partial charge in [0.15, 0.2) is 5.65 Å². The molecule has 3 aromatic rings. The SMILES string of the molecule is Cc1nn(C)c2ncc(C(=O)Nc3ccc(C(C)(C)C(=O)O)cc3)cc12. The van der Waals surface area contributed by atoms with Crippen molar-refractivity contribution < 1.29 is 14.7 Å². The number of aromatic nitrogens is 3. The molecule has 0 aliphatic rings. The van der Waals surface area contributed by atoms with Crippen molar-refractivity contribution in [3.05, 3.63) is 53.3 Å². The van der Waals surface area contributed by atoms with Crippen molar-refractivity contribution in [2.45, 2.75) is 26.2 Å². The minimum absolute atomic E-state index is 0.284. The van der Waals surface area contributed by atoms with Crippen LogP contribution in [0.25, 0.3) is 11.0 Å². The summed E-state index contributed by atoms with van der Waals surface area (Å²) in [5.41, 5.74) is 2.22. The Bertz CT molecular complexity index is 1000. The summed E-state index contributed by atoms with van der Waals surface area (Å²) >= 11 is 0. The molecule has 0 bridgehead atoms. The Morgan fingerprint density at radius 3 is 2.46 bits per heavy atom. The number of fused-ring (bicyclic) bond motifs is 1. The van der Waals surface area contributed by atoms with Crippen molar-refractivity contribution in [3.63, 3.8) is 0 Å². The molecule has 0 aliphatic heterocycles. The Morgan fingerprint density at radius 2 is 1.85 bits per heavy atom. The van der Waals surface area contributed by atoms with Gasteiger partial charge >= 0.3 is 5.97 Å². The van der Waals surface area contributed by atoms with Crippen LogP contribution in [0.1, 0.15) is 35.5 Å². The molecule has 1 amide bonds. The second-order valence-electron chi connectivity index (χ2n) is 6.77. The molecule has 0 saturated heterocycles. The van der Waals surface area contributed by atoms with E-state index in [0.29, 0.717) is 16.8 Å². The Labute approximate surface area is 150 Å². The van der Waals surface area contributed by atoms with Crippen LogP contribution in [0.5, 0.6) is 0 Å². The van der Waals surface area contributed by atoms with E-state index >= 15 is 0 Å². The molecule has 0 atom stereocenters. The zero-order chi connectivity index (χ0) is 19.1.